The molecule has 40 heavy (non-hydrogen) atoms. The number of nitrogens with one attached hydrogen (secondary N) is 2. The first-order valence-corrected chi connectivity index (χ1v) is 13.2. The summed E-state index contributed by atoms with van der Waals surface area (Å²) in [6, 6.07) is 9.85. The molecule has 4 aromatic rings. The quantitative estimate of drug-likeness (QED) is 0.286. The lowest BCUT2D eigenvalue weighted by molar-refractivity contribution is -0.119. The number of benzene rings is 2. The fourth-order valence-electron chi connectivity index (χ4n) is 4.70. The third-order valence-electron chi connectivity index (χ3n) is 6.72. The van der Waals surface area contributed by atoms with Gasteiger partial charge in [0.05, 0.1) is 29.7 Å². The van der Waals surface area contributed by atoms with Gasteiger partial charge in [0.1, 0.15) is 29.1 Å². The number of aromatic amines is 1. The number of hydrogen-bond donors (Lipinski definition) is 2. The third kappa shape index (κ3) is 5.12. The molecule has 0 spiro atoms. The van der Waals surface area contributed by atoms with Crippen molar-refractivity contribution >= 4 is 45.6 Å². The number of fused-ring (bicyclic) bond motifs is 2. The fourth-order valence-corrected chi connectivity index (χ4v) is 4.70. The second-order valence-corrected chi connectivity index (χ2v) is 10.5. The van der Waals surface area contributed by atoms with Gasteiger partial charge in [-0.15, -0.1) is 0 Å². The molecule has 10 nitrogen and oxygen atoms in total. The molecular formula is C29H31FN8O2. The third-order valence-corrected chi connectivity index (χ3v) is 6.72. The van der Waals surface area contributed by atoms with Crippen LogP contribution in [-0.4, -0.2) is 44.8 Å². The van der Waals surface area contributed by atoms with Crippen LogP contribution in [0.3, 0.4) is 0 Å². The summed E-state index contributed by atoms with van der Waals surface area (Å²) in [5.41, 5.74) is 2.13. The molecule has 0 saturated heterocycles. The molecule has 0 saturated carbocycles. The van der Waals surface area contributed by atoms with Crippen LogP contribution in [0.4, 0.5) is 33.2 Å². The number of nitrogens with zero attached hydrogens (tertiary/aromatic N) is 6. The summed E-state index contributed by atoms with van der Waals surface area (Å²) in [4.78, 5) is 26.6. The van der Waals surface area contributed by atoms with Crippen molar-refractivity contribution in [1.29, 1.82) is 5.26 Å². The Morgan fingerprint density at radius 2 is 2.00 bits per heavy atom. The van der Waals surface area contributed by atoms with E-state index in [0.717, 1.165) is 6.42 Å². The monoisotopic (exact) mass is 542 g/mol. The molecule has 0 radical (unpaired) electrons. The van der Waals surface area contributed by atoms with Crippen LogP contribution in [0.5, 0.6) is 5.75 Å². The van der Waals surface area contributed by atoms with E-state index < -0.39 is 11.9 Å². The maximum Gasteiger partial charge on any atom is 0.254 e. The van der Waals surface area contributed by atoms with Crippen LogP contribution in [0, 0.1) is 23.1 Å². The van der Waals surface area contributed by atoms with Gasteiger partial charge in [-0.3, -0.25) is 14.8 Å². The number of halogens is 1. The van der Waals surface area contributed by atoms with Crippen molar-refractivity contribution in [3.8, 4) is 11.8 Å². The predicted octanol–water partition coefficient (Wildman–Crippen LogP) is 5.81. The van der Waals surface area contributed by atoms with E-state index in [1.54, 1.807) is 41.6 Å². The number of H-pyrrole nitrogens is 1. The van der Waals surface area contributed by atoms with Crippen molar-refractivity contribution in [3.63, 3.8) is 0 Å². The molecule has 0 fully saturated rings. The predicted molar refractivity (Wildman–Crippen MR) is 152 cm³/mol. The molecule has 2 aromatic heterocycles. The summed E-state index contributed by atoms with van der Waals surface area (Å²) in [5, 5.41) is 20.0. The van der Waals surface area contributed by atoms with E-state index in [-0.39, 0.29) is 18.0 Å². The highest BCUT2D eigenvalue weighted by molar-refractivity contribution is 6.10. The molecule has 3 heterocycles. The molecule has 0 unspecified atom stereocenters. The van der Waals surface area contributed by atoms with E-state index in [1.165, 1.54) is 6.07 Å². The summed E-state index contributed by atoms with van der Waals surface area (Å²) < 4.78 is 20.3. The molecule has 206 valence electrons. The molecule has 2 N–H and O–H groups in total. The molecule has 1 atom stereocenters. The number of aromatic nitrogens is 4. The average Bonchev–Trinajstić information content (AvgIpc) is 3.39. The van der Waals surface area contributed by atoms with Crippen molar-refractivity contribution in [2.45, 2.75) is 53.2 Å². The zero-order valence-corrected chi connectivity index (χ0v) is 23.1. The minimum Gasteiger partial charge on any atom is -0.490 e. The van der Waals surface area contributed by atoms with Crippen molar-refractivity contribution in [3.05, 3.63) is 54.1 Å². The van der Waals surface area contributed by atoms with E-state index >= 15 is 0 Å². The van der Waals surface area contributed by atoms with E-state index in [1.807, 2.05) is 25.7 Å². The summed E-state index contributed by atoms with van der Waals surface area (Å²) >= 11 is 0. The normalized spacial score (nSPS) is 15.1. The van der Waals surface area contributed by atoms with Crippen LogP contribution in [0.2, 0.25) is 0 Å². The number of anilines is 5. The van der Waals surface area contributed by atoms with Gasteiger partial charge in [-0.1, -0.05) is 13.8 Å². The maximum absolute atomic E-state index is 14.6. The van der Waals surface area contributed by atoms with Crippen LogP contribution in [0.1, 0.15) is 46.6 Å². The number of amides is 1. The van der Waals surface area contributed by atoms with E-state index in [9.17, 15) is 14.4 Å². The topological polar surface area (TPSA) is 123 Å². The molecule has 2 aromatic carbocycles. The molecule has 1 aliphatic rings. The highest BCUT2D eigenvalue weighted by atomic mass is 19.1. The van der Waals surface area contributed by atoms with Gasteiger partial charge in [-0.2, -0.15) is 15.3 Å². The maximum atomic E-state index is 14.6. The standard InChI is InChI=1S/C29H31FN8O2/c1-16(2)8-9-37-18(5)28(39)38(22-6-7-25(40-17(3)4)19(11-22)13-31)24-15-32-29(35-27(24)37)34-21-10-20-14-33-36-26(20)23(30)12-21/h6-7,10-12,14-18H,8-9H2,1-5H3,(H,33,36)(H,32,34,35)/t18-/m1/s1. The lowest BCUT2D eigenvalue weighted by atomic mass is 10.1. The van der Waals surface area contributed by atoms with Crippen LogP contribution in [0.25, 0.3) is 10.9 Å². The summed E-state index contributed by atoms with van der Waals surface area (Å²) in [6.45, 7) is 10.5. The van der Waals surface area contributed by atoms with Crippen molar-refractivity contribution in [2.24, 2.45) is 5.92 Å². The number of ether oxygens (including phenoxy) is 1. The smallest absolute Gasteiger partial charge is 0.254 e. The summed E-state index contributed by atoms with van der Waals surface area (Å²) in [7, 11) is 0. The zero-order chi connectivity index (χ0) is 28.6. The Kier molecular flexibility index (Phi) is 7.26. The van der Waals surface area contributed by atoms with E-state index in [2.05, 4.69) is 40.4 Å². The lowest BCUT2D eigenvalue weighted by Gasteiger charge is -2.40. The number of nitriles is 1. The molecule has 1 amide bonds. The van der Waals surface area contributed by atoms with Gasteiger partial charge in [-0.25, -0.2) is 9.37 Å². The number of carbonyl (C=O) groups excluding carboxylic acids is 1. The van der Waals surface area contributed by atoms with Crippen molar-refractivity contribution in [2.75, 3.05) is 21.7 Å². The van der Waals surface area contributed by atoms with Crippen LogP contribution < -0.4 is 19.9 Å². The highest BCUT2D eigenvalue weighted by Crippen LogP contribution is 2.41. The second-order valence-electron chi connectivity index (χ2n) is 10.5. The van der Waals surface area contributed by atoms with Crippen LogP contribution in [-0.2, 0) is 4.79 Å². The molecule has 5 rings (SSSR count). The molecule has 0 aliphatic carbocycles. The second kappa shape index (κ2) is 10.8. The Morgan fingerprint density at radius 3 is 2.73 bits per heavy atom. The first-order chi connectivity index (χ1) is 19.2. The first-order valence-electron chi connectivity index (χ1n) is 13.2. The van der Waals surface area contributed by atoms with E-state index in [0.29, 0.717) is 57.6 Å². The molecule has 0 bridgehead atoms. The Hall–Kier alpha value is -4.72. The van der Waals surface area contributed by atoms with Gasteiger partial charge < -0.3 is 15.0 Å². The number of hydrogen-bond acceptors (Lipinski definition) is 8. The minimum absolute atomic E-state index is 0.105. The average molecular weight is 543 g/mol. The highest BCUT2D eigenvalue weighted by Gasteiger charge is 2.38. The van der Waals surface area contributed by atoms with Crippen LogP contribution in [0.15, 0.2) is 42.7 Å². The van der Waals surface area contributed by atoms with Gasteiger partial charge >= 0.3 is 0 Å². The SMILES string of the molecule is CC(C)CCN1c2nc(Nc3cc(F)c4[nH]ncc4c3)ncc2N(c2ccc(OC(C)C)c(C#N)c2)C(=O)[C@H]1C. The van der Waals surface area contributed by atoms with E-state index in [4.69, 9.17) is 9.72 Å². The molecular weight excluding hydrogens is 511 g/mol. The van der Waals surface area contributed by atoms with Gasteiger partial charge in [-0.05, 0) is 63.4 Å². The Bertz CT molecular complexity index is 1610. The van der Waals surface area contributed by atoms with Gasteiger partial charge in [0.25, 0.3) is 5.91 Å². The lowest BCUT2D eigenvalue weighted by Crippen LogP contribution is -2.51. The van der Waals surface area contributed by atoms with Gasteiger partial charge in [0.2, 0.25) is 5.95 Å². The Balaban J connectivity index is 1.57. The minimum atomic E-state index is -0.522. The van der Waals surface area contributed by atoms with Gasteiger partial charge in [0, 0.05) is 17.6 Å². The van der Waals surface area contributed by atoms with Crippen molar-refractivity contribution < 1.29 is 13.9 Å². The first kappa shape index (κ1) is 26.9. The summed E-state index contributed by atoms with van der Waals surface area (Å²) in [5.74, 6) is 1.09. The van der Waals surface area contributed by atoms with Crippen LogP contribution >= 0.6 is 0 Å². The molecule has 11 heteroatoms. The number of rotatable bonds is 8. The van der Waals surface area contributed by atoms with Gasteiger partial charge in [0.15, 0.2) is 11.6 Å². The largest absolute Gasteiger partial charge is 0.490 e. The zero-order valence-electron chi connectivity index (χ0n) is 23.1. The summed E-state index contributed by atoms with van der Waals surface area (Å²) in [6.07, 6.45) is 3.87. The van der Waals surface area contributed by atoms with Crippen molar-refractivity contribution in [1.82, 2.24) is 20.2 Å². The Morgan fingerprint density at radius 1 is 1.20 bits per heavy atom. The fraction of sp³-hybridized carbons (Fsp3) is 0.345. The number of carbonyl (C=O) groups is 1. The molecule has 1 aliphatic heterocycles. The Labute approximate surface area is 231 Å².